The maximum absolute atomic E-state index is 13.2. The Morgan fingerprint density at radius 2 is 1.40 bits per heavy atom. The van der Waals surface area contributed by atoms with Gasteiger partial charge in [-0.25, -0.2) is 0 Å². The van der Waals surface area contributed by atoms with Gasteiger partial charge in [0.1, 0.15) is 0 Å². The molecule has 2 aromatic carbocycles. The molecule has 4 rings (SSSR count). The second-order valence-electron chi connectivity index (χ2n) is 11.5. The molecule has 5 atom stereocenters. The number of ketones is 1. The van der Waals surface area contributed by atoms with Crippen LogP contribution in [0.4, 0.5) is 0 Å². The summed E-state index contributed by atoms with van der Waals surface area (Å²) in [6, 6.07) is 20.4. The van der Waals surface area contributed by atoms with Crippen molar-refractivity contribution in [2.24, 2.45) is 17.8 Å². The Kier molecular flexibility index (Phi) is 8.11. The number of carbonyl (C=O) groups is 1. The van der Waals surface area contributed by atoms with Gasteiger partial charge in [0.05, 0.1) is 31.3 Å². The largest absolute Gasteiger partial charge is 0.416 e. The second kappa shape index (κ2) is 10.9. The van der Waals surface area contributed by atoms with Crippen LogP contribution in [0.15, 0.2) is 72.8 Å². The SMILES string of the molecule is CC(C)(C)[Si](C)(C)OC[C@H]1C=CC(=O)[C@H]2[C@@H]1[C@@H](OCc1ccccc1)C[C@H]2OCc1ccccc1. The molecule has 2 aliphatic rings. The van der Waals surface area contributed by atoms with Gasteiger partial charge >= 0.3 is 0 Å². The Morgan fingerprint density at radius 3 is 1.94 bits per heavy atom. The van der Waals surface area contributed by atoms with Crippen LogP contribution in [0.5, 0.6) is 0 Å². The third-order valence-electron chi connectivity index (χ3n) is 8.10. The molecule has 0 N–H and O–H groups in total. The zero-order valence-corrected chi connectivity index (χ0v) is 22.8. The van der Waals surface area contributed by atoms with Crippen LogP contribution in [0.3, 0.4) is 0 Å². The maximum atomic E-state index is 13.2. The van der Waals surface area contributed by atoms with Gasteiger partial charge in [0, 0.05) is 24.9 Å². The monoisotopic (exact) mass is 492 g/mol. The minimum Gasteiger partial charge on any atom is -0.416 e. The normalized spacial score (nSPS) is 26.7. The number of fused-ring (bicyclic) bond motifs is 1. The third kappa shape index (κ3) is 6.21. The molecule has 35 heavy (non-hydrogen) atoms. The summed E-state index contributed by atoms with van der Waals surface area (Å²) in [5, 5.41) is 0.140. The average molecular weight is 493 g/mol. The van der Waals surface area contributed by atoms with Crippen molar-refractivity contribution in [2.45, 2.75) is 70.7 Å². The Balaban J connectivity index is 1.52. The molecule has 0 saturated heterocycles. The molecule has 0 bridgehead atoms. The number of hydrogen-bond donors (Lipinski definition) is 0. The first-order valence-corrected chi connectivity index (χ1v) is 15.7. The topological polar surface area (TPSA) is 44.8 Å². The van der Waals surface area contributed by atoms with Gasteiger partial charge in [-0.2, -0.15) is 0 Å². The standard InChI is InChI=1S/C30H40O4Si/c1-30(2,3)35(4,5)34-21-24-16-17-25(31)29-27(33-20-23-14-10-7-11-15-23)18-26(28(24)29)32-19-22-12-8-6-9-13-22/h6-17,24,26-29H,18-21H2,1-5H3/t24-,26+,27-,28+,29-/m1/s1. The predicted octanol–water partition coefficient (Wildman–Crippen LogP) is 6.57. The lowest BCUT2D eigenvalue weighted by atomic mass is 9.76. The molecule has 188 valence electrons. The summed E-state index contributed by atoms with van der Waals surface area (Å²) in [5.74, 6) is 0.152. The van der Waals surface area contributed by atoms with Crippen molar-refractivity contribution in [3.05, 3.63) is 83.9 Å². The number of ether oxygens (including phenoxy) is 2. The summed E-state index contributed by atoms with van der Waals surface area (Å²) >= 11 is 0. The smallest absolute Gasteiger partial charge is 0.192 e. The van der Waals surface area contributed by atoms with Crippen LogP contribution in [-0.2, 0) is 31.9 Å². The number of allylic oxidation sites excluding steroid dienone is 1. The fourth-order valence-electron chi connectivity index (χ4n) is 4.98. The van der Waals surface area contributed by atoms with Crippen molar-refractivity contribution in [3.63, 3.8) is 0 Å². The quantitative estimate of drug-likeness (QED) is 0.371. The molecule has 4 nitrogen and oxygen atoms in total. The van der Waals surface area contributed by atoms with Gasteiger partial charge in [0.2, 0.25) is 0 Å². The zero-order valence-electron chi connectivity index (χ0n) is 21.8. The van der Waals surface area contributed by atoms with Gasteiger partial charge in [-0.05, 0) is 35.3 Å². The number of hydrogen-bond acceptors (Lipinski definition) is 4. The first-order chi connectivity index (χ1) is 16.7. The molecule has 1 saturated carbocycles. The minimum atomic E-state index is -1.91. The van der Waals surface area contributed by atoms with E-state index in [2.05, 4.69) is 64.2 Å². The van der Waals surface area contributed by atoms with Crippen molar-refractivity contribution in [3.8, 4) is 0 Å². The summed E-state index contributed by atoms with van der Waals surface area (Å²) in [7, 11) is -1.91. The predicted molar refractivity (Wildman–Crippen MR) is 142 cm³/mol. The van der Waals surface area contributed by atoms with Gasteiger partial charge in [-0.1, -0.05) is 87.5 Å². The third-order valence-corrected chi connectivity index (χ3v) is 12.6. The first kappa shape index (κ1) is 26.0. The van der Waals surface area contributed by atoms with E-state index in [1.54, 1.807) is 6.08 Å². The van der Waals surface area contributed by atoms with Crippen LogP contribution in [0.25, 0.3) is 0 Å². The van der Waals surface area contributed by atoms with E-state index in [4.69, 9.17) is 13.9 Å². The molecule has 0 aromatic heterocycles. The van der Waals surface area contributed by atoms with E-state index >= 15 is 0 Å². The number of benzene rings is 2. The highest BCUT2D eigenvalue weighted by Gasteiger charge is 2.52. The Morgan fingerprint density at radius 1 is 0.857 bits per heavy atom. The molecular formula is C30H40O4Si. The van der Waals surface area contributed by atoms with Gasteiger partial charge in [-0.3, -0.25) is 4.79 Å². The van der Waals surface area contributed by atoms with Crippen molar-refractivity contribution in [1.82, 2.24) is 0 Å². The molecule has 0 aliphatic heterocycles. The Bertz CT molecular complexity index is 996. The fraction of sp³-hybridized carbons (Fsp3) is 0.500. The lowest BCUT2D eigenvalue weighted by Gasteiger charge is -2.39. The molecule has 2 aliphatic carbocycles. The van der Waals surface area contributed by atoms with E-state index in [-0.39, 0.29) is 40.8 Å². The summed E-state index contributed by atoms with van der Waals surface area (Å²) in [4.78, 5) is 13.2. The molecule has 5 heteroatoms. The lowest BCUT2D eigenvalue weighted by Crippen LogP contribution is -2.45. The molecule has 1 fully saturated rings. The molecule has 0 amide bonds. The molecule has 0 unspecified atom stereocenters. The van der Waals surface area contributed by atoms with Crippen LogP contribution < -0.4 is 0 Å². The maximum Gasteiger partial charge on any atom is 0.192 e. The second-order valence-corrected chi connectivity index (χ2v) is 16.3. The van der Waals surface area contributed by atoms with Crippen molar-refractivity contribution in [1.29, 1.82) is 0 Å². The average Bonchev–Trinajstić information content (AvgIpc) is 3.21. The highest BCUT2D eigenvalue weighted by Crippen LogP contribution is 2.46. The van der Waals surface area contributed by atoms with Crippen molar-refractivity contribution in [2.75, 3.05) is 6.61 Å². The molecular weight excluding hydrogens is 452 g/mol. The van der Waals surface area contributed by atoms with Crippen molar-refractivity contribution < 1.29 is 18.7 Å². The highest BCUT2D eigenvalue weighted by atomic mass is 28.4. The Hall–Kier alpha value is -2.05. The fourth-order valence-corrected chi connectivity index (χ4v) is 6.02. The van der Waals surface area contributed by atoms with Crippen LogP contribution in [0.1, 0.15) is 38.3 Å². The number of carbonyl (C=O) groups excluding carboxylic acids is 1. The Labute approximate surface area is 211 Å². The van der Waals surface area contributed by atoms with Crippen LogP contribution >= 0.6 is 0 Å². The lowest BCUT2D eigenvalue weighted by molar-refractivity contribution is -0.126. The summed E-state index contributed by atoms with van der Waals surface area (Å²) in [5.41, 5.74) is 2.26. The summed E-state index contributed by atoms with van der Waals surface area (Å²) in [6.45, 7) is 13.0. The van der Waals surface area contributed by atoms with E-state index in [1.807, 2.05) is 36.4 Å². The molecule has 0 radical (unpaired) electrons. The van der Waals surface area contributed by atoms with Gasteiger partial charge < -0.3 is 13.9 Å². The van der Waals surface area contributed by atoms with Crippen LogP contribution in [-0.4, -0.2) is 32.9 Å². The van der Waals surface area contributed by atoms with E-state index in [1.165, 1.54) is 0 Å². The van der Waals surface area contributed by atoms with E-state index < -0.39 is 8.32 Å². The van der Waals surface area contributed by atoms with E-state index in [0.29, 0.717) is 19.8 Å². The molecule has 0 heterocycles. The summed E-state index contributed by atoms with van der Waals surface area (Å²) < 4.78 is 19.5. The van der Waals surface area contributed by atoms with E-state index in [0.717, 1.165) is 17.5 Å². The minimum absolute atomic E-state index is 0.0529. The van der Waals surface area contributed by atoms with Crippen LogP contribution in [0, 0.1) is 17.8 Å². The first-order valence-electron chi connectivity index (χ1n) is 12.8. The van der Waals surface area contributed by atoms with E-state index in [9.17, 15) is 4.79 Å². The molecule has 2 aromatic rings. The highest BCUT2D eigenvalue weighted by molar-refractivity contribution is 6.74. The van der Waals surface area contributed by atoms with Crippen LogP contribution in [0.2, 0.25) is 18.1 Å². The van der Waals surface area contributed by atoms with Gasteiger partial charge in [0.15, 0.2) is 14.1 Å². The van der Waals surface area contributed by atoms with Gasteiger partial charge in [0.25, 0.3) is 0 Å². The summed E-state index contributed by atoms with van der Waals surface area (Å²) in [6.07, 6.45) is 4.34. The van der Waals surface area contributed by atoms with Gasteiger partial charge in [-0.15, -0.1) is 0 Å². The molecule has 0 spiro atoms. The number of rotatable bonds is 9. The zero-order chi connectivity index (χ0) is 25.1. The van der Waals surface area contributed by atoms with Crippen molar-refractivity contribution >= 4 is 14.1 Å².